The van der Waals surface area contributed by atoms with Gasteiger partial charge in [0.2, 0.25) is 0 Å². The third-order valence-electron chi connectivity index (χ3n) is 2.65. The number of amidine groups is 1. The molecule has 0 bridgehead atoms. The molecule has 1 aliphatic rings. The number of nitrogens with zero attached hydrogens (tertiary/aromatic N) is 3. The van der Waals surface area contributed by atoms with Crippen molar-refractivity contribution < 1.29 is 9.53 Å². The normalized spacial score (nSPS) is 14.9. The number of hydrogen-bond acceptors (Lipinski definition) is 6. The van der Waals surface area contributed by atoms with Gasteiger partial charge in [0.1, 0.15) is 0 Å². The van der Waals surface area contributed by atoms with E-state index in [9.17, 15) is 4.79 Å². The first-order valence-electron chi connectivity index (χ1n) is 6.35. The topological polar surface area (TPSA) is 54.8 Å². The molecule has 0 amide bonds. The highest BCUT2D eigenvalue weighted by atomic mass is 32.1. The van der Waals surface area contributed by atoms with E-state index in [1.54, 1.807) is 17.5 Å². The molecule has 6 heteroatoms. The van der Waals surface area contributed by atoms with Crippen molar-refractivity contribution in [3.05, 3.63) is 28.4 Å². The molecule has 0 fully saturated rings. The maximum absolute atomic E-state index is 11.8. The van der Waals surface area contributed by atoms with Crippen molar-refractivity contribution in [2.45, 2.75) is 20.3 Å². The summed E-state index contributed by atoms with van der Waals surface area (Å²) in [6, 6.07) is 0. The standard InChI is InChI=1S/C13H17N3O2S/c1-3-6-18-13(17)10-8-15-11(16(4-2)9-10)12-14-5-7-19-12/h5,7,9H,3-4,6,8H2,1-2H3. The summed E-state index contributed by atoms with van der Waals surface area (Å²) in [6.45, 7) is 5.53. The lowest BCUT2D eigenvalue weighted by molar-refractivity contribution is -0.139. The van der Waals surface area contributed by atoms with E-state index in [4.69, 9.17) is 4.74 Å². The van der Waals surface area contributed by atoms with Gasteiger partial charge in [-0.15, -0.1) is 11.3 Å². The zero-order chi connectivity index (χ0) is 13.7. The zero-order valence-corrected chi connectivity index (χ0v) is 11.9. The largest absolute Gasteiger partial charge is 0.462 e. The van der Waals surface area contributed by atoms with Crippen LogP contribution in [0.2, 0.25) is 0 Å². The lowest BCUT2D eigenvalue weighted by atomic mass is 10.2. The highest BCUT2D eigenvalue weighted by molar-refractivity contribution is 7.11. The van der Waals surface area contributed by atoms with Crippen LogP contribution in [0.3, 0.4) is 0 Å². The molecule has 0 aliphatic carbocycles. The molecule has 2 heterocycles. The van der Waals surface area contributed by atoms with Gasteiger partial charge in [-0.05, 0) is 13.3 Å². The Balaban J connectivity index is 2.11. The van der Waals surface area contributed by atoms with Gasteiger partial charge in [0.25, 0.3) is 0 Å². The predicted octanol–water partition coefficient (Wildman–Crippen LogP) is 2.06. The second kappa shape index (κ2) is 6.47. The molecule has 0 aromatic carbocycles. The molecule has 0 saturated heterocycles. The lowest BCUT2D eigenvalue weighted by Gasteiger charge is -2.24. The molecule has 19 heavy (non-hydrogen) atoms. The number of esters is 1. The molecule has 1 aliphatic heterocycles. The Morgan fingerprint density at radius 3 is 3.00 bits per heavy atom. The van der Waals surface area contributed by atoms with E-state index in [0.717, 1.165) is 23.8 Å². The molecular weight excluding hydrogens is 262 g/mol. The smallest absolute Gasteiger partial charge is 0.337 e. The number of thiazole rings is 1. The van der Waals surface area contributed by atoms with Crippen LogP contribution in [0.25, 0.3) is 0 Å². The summed E-state index contributed by atoms with van der Waals surface area (Å²) in [5, 5.41) is 2.79. The Morgan fingerprint density at radius 2 is 2.37 bits per heavy atom. The fourth-order valence-electron chi connectivity index (χ4n) is 1.71. The maximum atomic E-state index is 11.8. The molecule has 5 nitrogen and oxygen atoms in total. The van der Waals surface area contributed by atoms with Gasteiger partial charge in [0.15, 0.2) is 10.8 Å². The monoisotopic (exact) mass is 279 g/mol. The van der Waals surface area contributed by atoms with Gasteiger partial charge in [0, 0.05) is 24.3 Å². The molecule has 1 aromatic rings. The summed E-state index contributed by atoms with van der Waals surface area (Å²) in [4.78, 5) is 22.5. The Bertz CT molecular complexity index is 494. The molecule has 0 unspecified atom stereocenters. The fourth-order valence-corrected chi connectivity index (χ4v) is 2.37. The highest BCUT2D eigenvalue weighted by Crippen LogP contribution is 2.16. The molecule has 0 spiro atoms. The molecule has 0 N–H and O–H groups in total. The average molecular weight is 279 g/mol. The summed E-state index contributed by atoms with van der Waals surface area (Å²) in [7, 11) is 0. The van der Waals surface area contributed by atoms with E-state index in [1.165, 1.54) is 0 Å². The number of aromatic nitrogens is 1. The third kappa shape index (κ3) is 3.20. The van der Waals surface area contributed by atoms with E-state index in [0.29, 0.717) is 18.7 Å². The van der Waals surface area contributed by atoms with Crippen molar-refractivity contribution in [1.29, 1.82) is 0 Å². The predicted molar refractivity (Wildman–Crippen MR) is 75.2 cm³/mol. The van der Waals surface area contributed by atoms with Gasteiger partial charge < -0.3 is 9.64 Å². The molecule has 0 atom stereocenters. The number of hydrogen-bond donors (Lipinski definition) is 0. The first-order chi connectivity index (χ1) is 9.26. The molecule has 0 saturated carbocycles. The Kier molecular flexibility index (Phi) is 4.68. The van der Waals surface area contributed by atoms with Gasteiger partial charge in [0.05, 0.1) is 18.7 Å². The first-order valence-corrected chi connectivity index (χ1v) is 7.23. The van der Waals surface area contributed by atoms with Crippen molar-refractivity contribution in [3.8, 4) is 0 Å². The van der Waals surface area contributed by atoms with Crippen LogP contribution in [0.1, 0.15) is 25.3 Å². The fraction of sp³-hybridized carbons (Fsp3) is 0.462. The van der Waals surface area contributed by atoms with Crippen molar-refractivity contribution in [1.82, 2.24) is 9.88 Å². The SMILES string of the molecule is CCCOC(=O)C1=CN(CC)C(c2nccs2)=NC1. The first kappa shape index (κ1) is 13.7. The summed E-state index contributed by atoms with van der Waals surface area (Å²) >= 11 is 1.54. The second-order valence-electron chi connectivity index (χ2n) is 4.05. The minimum Gasteiger partial charge on any atom is -0.462 e. The van der Waals surface area contributed by atoms with E-state index >= 15 is 0 Å². The Labute approximate surface area is 116 Å². The van der Waals surface area contributed by atoms with Crippen molar-refractivity contribution in [2.75, 3.05) is 19.7 Å². The third-order valence-corrected chi connectivity index (χ3v) is 3.42. The van der Waals surface area contributed by atoms with Crippen LogP contribution in [0, 0.1) is 0 Å². The summed E-state index contributed by atoms with van der Waals surface area (Å²) in [6.07, 6.45) is 4.40. The number of carbonyl (C=O) groups is 1. The minimum atomic E-state index is -0.276. The summed E-state index contributed by atoms with van der Waals surface area (Å²) in [5.41, 5.74) is 0.593. The van der Waals surface area contributed by atoms with Gasteiger partial charge in [-0.25, -0.2) is 9.78 Å². The van der Waals surface area contributed by atoms with Crippen LogP contribution in [0.15, 0.2) is 28.3 Å². The van der Waals surface area contributed by atoms with E-state index in [-0.39, 0.29) is 5.97 Å². The van der Waals surface area contributed by atoms with Gasteiger partial charge >= 0.3 is 5.97 Å². The second-order valence-corrected chi connectivity index (χ2v) is 4.95. The zero-order valence-electron chi connectivity index (χ0n) is 11.1. The lowest BCUT2D eigenvalue weighted by Crippen LogP contribution is -2.32. The van der Waals surface area contributed by atoms with Gasteiger partial charge in [-0.1, -0.05) is 6.92 Å². The van der Waals surface area contributed by atoms with Crippen molar-refractivity contribution in [2.24, 2.45) is 4.99 Å². The number of carbonyl (C=O) groups excluding carboxylic acids is 1. The van der Waals surface area contributed by atoms with Crippen LogP contribution < -0.4 is 0 Å². The van der Waals surface area contributed by atoms with E-state index in [1.807, 2.05) is 30.3 Å². The van der Waals surface area contributed by atoms with Crippen molar-refractivity contribution >= 4 is 23.1 Å². The molecule has 1 aromatic heterocycles. The van der Waals surface area contributed by atoms with Crippen LogP contribution in [-0.2, 0) is 9.53 Å². The summed E-state index contributed by atoms with van der Waals surface area (Å²) < 4.78 is 5.13. The summed E-state index contributed by atoms with van der Waals surface area (Å²) in [5.74, 6) is 0.548. The number of ether oxygens (including phenoxy) is 1. The number of aliphatic imine (C=N–C) groups is 1. The van der Waals surface area contributed by atoms with Crippen LogP contribution in [0.4, 0.5) is 0 Å². The van der Waals surface area contributed by atoms with Crippen molar-refractivity contribution in [3.63, 3.8) is 0 Å². The maximum Gasteiger partial charge on any atom is 0.337 e. The van der Waals surface area contributed by atoms with Gasteiger partial charge in [-0.3, -0.25) is 4.99 Å². The highest BCUT2D eigenvalue weighted by Gasteiger charge is 2.21. The molecular formula is C13H17N3O2S. The molecule has 102 valence electrons. The van der Waals surface area contributed by atoms with Crippen LogP contribution in [-0.4, -0.2) is 41.4 Å². The van der Waals surface area contributed by atoms with E-state index in [2.05, 4.69) is 9.98 Å². The quantitative estimate of drug-likeness (QED) is 0.774. The van der Waals surface area contributed by atoms with Crippen LogP contribution in [0.5, 0.6) is 0 Å². The Hall–Kier alpha value is -1.69. The van der Waals surface area contributed by atoms with E-state index < -0.39 is 0 Å². The van der Waals surface area contributed by atoms with Crippen LogP contribution >= 0.6 is 11.3 Å². The molecule has 2 rings (SSSR count). The van der Waals surface area contributed by atoms with Gasteiger partial charge in [-0.2, -0.15) is 0 Å². The molecule has 0 radical (unpaired) electrons. The number of rotatable bonds is 5. The minimum absolute atomic E-state index is 0.276. The Morgan fingerprint density at radius 1 is 1.53 bits per heavy atom. The average Bonchev–Trinajstić information content (AvgIpc) is 2.98.